The van der Waals surface area contributed by atoms with Crippen LogP contribution in [-0.4, -0.2) is 38.9 Å². The summed E-state index contributed by atoms with van der Waals surface area (Å²) in [6.45, 7) is 6.28. The van der Waals surface area contributed by atoms with Crippen LogP contribution in [0, 0.1) is 0 Å². The van der Waals surface area contributed by atoms with Crippen molar-refractivity contribution in [3.05, 3.63) is 95.1 Å². The number of H-pyrrole nitrogens is 1. The third kappa shape index (κ3) is 7.56. The average molecular weight is 554 g/mol. The van der Waals surface area contributed by atoms with Gasteiger partial charge in [-0.2, -0.15) is 5.21 Å². The molecule has 1 aromatic heterocycles. The van der Waals surface area contributed by atoms with Gasteiger partial charge < -0.3 is 15.4 Å². The van der Waals surface area contributed by atoms with Crippen LogP contribution in [0.25, 0.3) is 0 Å². The molecule has 0 aliphatic rings. The summed E-state index contributed by atoms with van der Waals surface area (Å²) in [5, 5.41) is 21.0. The lowest BCUT2D eigenvalue weighted by atomic mass is 9.85. The highest BCUT2D eigenvalue weighted by atomic mass is 19.4. The van der Waals surface area contributed by atoms with E-state index in [4.69, 9.17) is 0 Å². The molecule has 0 saturated heterocycles. The van der Waals surface area contributed by atoms with Crippen molar-refractivity contribution >= 4 is 23.6 Å². The van der Waals surface area contributed by atoms with Crippen LogP contribution in [0.5, 0.6) is 5.75 Å². The number of nitrogens with one attached hydrogen (secondary N) is 4. The van der Waals surface area contributed by atoms with Gasteiger partial charge in [0.05, 0.1) is 6.04 Å². The smallest absolute Gasteiger partial charge is 0.406 e. The number of anilines is 2. The number of tetrazole rings is 1. The minimum absolute atomic E-state index is 0.0298. The number of alkyl halides is 3. The largest absolute Gasteiger partial charge is 0.573 e. The molecule has 3 amide bonds. The van der Waals surface area contributed by atoms with Crippen LogP contribution in [0.4, 0.5) is 29.6 Å². The SMILES string of the molecule is CC(C)(C)c1ccc(C(NC(=O)Nc2ccc(OC(F)(F)F)cc2)c2ccc(C(=O)Nc3nn[nH]n3)cc2)cc1. The Morgan fingerprint density at radius 2 is 1.45 bits per heavy atom. The van der Waals surface area contributed by atoms with Crippen LogP contribution >= 0.6 is 0 Å². The Hall–Kier alpha value is -4.94. The van der Waals surface area contributed by atoms with Crippen molar-refractivity contribution in [2.45, 2.75) is 38.6 Å². The van der Waals surface area contributed by atoms with Crippen LogP contribution < -0.4 is 20.7 Å². The molecule has 1 unspecified atom stereocenters. The van der Waals surface area contributed by atoms with Gasteiger partial charge in [-0.05, 0) is 63.7 Å². The van der Waals surface area contributed by atoms with Crippen LogP contribution in [0.3, 0.4) is 0 Å². The molecular formula is C27H26F3N7O3. The number of amides is 3. The van der Waals surface area contributed by atoms with Gasteiger partial charge in [0.15, 0.2) is 0 Å². The minimum Gasteiger partial charge on any atom is -0.406 e. The summed E-state index contributed by atoms with van der Waals surface area (Å²) in [5.41, 5.74) is 3.09. The Morgan fingerprint density at radius 1 is 0.850 bits per heavy atom. The van der Waals surface area contributed by atoms with Gasteiger partial charge in [-0.25, -0.2) is 4.79 Å². The van der Waals surface area contributed by atoms with E-state index in [9.17, 15) is 22.8 Å². The lowest BCUT2D eigenvalue weighted by molar-refractivity contribution is -0.274. The predicted octanol–water partition coefficient (Wildman–Crippen LogP) is 5.56. The quantitative estimate of drug-likeness (QED) is 0.237. The maximum absolute atomic E-state index is 12.9. The predicted molar refractivity (Wildman–Crippen MR) is 141 cm³/mol. The second kappa shape index (κ2) is 11.4. The lowest BCUT2D eigenvalue weighted by Gasteiger charge is -2.23. The van der Waals surface area contributed by atoms with Crippen molar-refractivity contribution in [2.24, 2.45) is 0 Å². The summed E-state index contributed by atoms with van der Waals surface area (Å²) < 4.78 is 41.1. The van der Waals surface area contributed by atoms with Gasteiger partial charge in [-0.1, -0.05) is 62.3 Å². The van der Waals surface area contributed by atoms with E-state index in [1.165, 1.54) is 12.1 Å². The Kier molecular flexibility index (Phi) is 8.03. The molecule has 3 aromatic carbocycles. The van der Waals surface area contributed by atoms with Crippen molar-refractivity contribution in [1.29, 1.82) is 0 Å². The van der Waals surface area contributed by atoms with Gasteiger partial charge in [-0.3, -0.25) is 10.1 Å². The van der Waals surface area contributed by atoms with E-state index in [1.54, 1.807) is 24.3 Å². The Labute approximate surface area is 227 Å². The van der Waals surface area contributed by atoms with Crippen LogP contribution in [0.15, 0.2) is 72.8 Å². The third-order valence-electron chi connectivity index (χ3n) is 5.81. The number of urea groups is 1. The minimum atomic E-state index is -4.81. The normalized spacial score (nSPS) is 12.3. The maximum Gasteiger partial charge on any atom is 0.573 e. The first kappa shape index (κ1) is 28.1. The van der Waals surface area contributed by atoms with Gasteiger partial charge in [0.25, 0.3) is 11.9 Å². The molecular weight excluding hydrogens is 527 g/mol. The van der Waals surface area contributed by atoms with Gasteiger partial charge in [0, 0.05) is 11.3 Å². The highest BCUT2D eigenvalue weighted by molar-refractivity contribution is 6.03. The van der Waals surface area contributed by atoms with E-state index < -0.39 is 30.1 Å². The molecule has 0 radical (unpaired) electrons. The molecule has 0 fully saturated rings. The number of benzene rings is 3. The van der Waals surface area contributed by atoms with Crippen molar-refractivity contribution in [3.63, 3.8) is 0 Å². The van der Waals surface area contributed by atoms with Crippen molar-refractivity contribution < 1.29 is 27.5 Å². The second-order valence-corrected chi connectivity index (χ2v) is 9.79. The number of aromatic amines is 1. The highest BCUT2D eigenvalue weighted by Gasteiger charge is 2.31. The first-order chi connectivity index (χ1) is 18.9. The van der Waals surface area contributed by atoms with E-state index in [0.717, 1.165) is 23.3 Å². The van der Waals surface area contributed by atoms with E-state index in [2.05, 4.69) is 62.1 Å². The zero-order valence-electron chi connectivity index (χ0n) is 21.7. The molecule has 0 aliphatic carbocycles. The summed E-state index contributed by atoms with van der Waals surface area (Å²) in [4.78, 5) is 25.4. The second-order valence-electron chi connectivity index (χ2n) is 9.79. The zero-order valence-corrected chi connectivity index (χ0v) is 21.7. The number of aromatic nitrogens is 4. The van der Waals surface area contributed by atoms with E-state index in [-0.39, 0.29) is 17.1 Å². The number of halogens is 3. The number of ether oxygens (including phenoxy) is 1. The van der Waals surface area contributed by atoms with Gasteiger partial charge in [0.2, 0.25) is 0 Å². The number of hydrogen-bond donors (Lipinski definition) is 4. The molecule has 40 heavy (non-hydrogen) atoms. The molecule has 4 aromatic rings. The molecule has 1 atom stereocenters. The number of nitrogens with zero attached hydrogens (tertiary/aromatic N) is 3. The standard InChI is InChI=1S/C27H26F3N7O3/c1-26(2,3)19-10-8-17(9-11-19)22(16-4-6-18(7-5-16)23(38)33-24-34-36-37-35-24)32-25(39)31-20-12-14-21(15-13-20)40-27(28,29)30/h4-15,22H,1-3H3,(H2,31,32,39)(H2,33,34,35,36,37,38). The number of carbonyl (C=O) groups is 2. The number of hydrogen-bond acceptors (Lipinski definition) is 6. The molecule has 0 saturated carbocycles. The summed E-state index contributed by atoms with van der Waals surface area (Å²) in [5.74, 6) is -0.816. The molecule has 4 rings (SSSR count). The Morgan fingerprint density at radius 3 is 1.98 bits per heavy atom. The fraction of sp³-hybridized carbons (Fsp3) is 0.222. The molecule has 208 valence electrons. The third-order valence-corrected chi connectivity index (χ3v) is 5.81. The molecule has 4 N–H and O–H groups in total. The van der Waals surface area contributed by atoms with Crippen LogP contribution in [0.1, 0.15) is 53.9 Å². The summed E-state index contributed by atoms with van der Waals surface area (Å²) >= 11 is 0. The van der Waals surface area contributed by atoms with Gasteiger partial charge in [0.1, 0.15) is 5.75 Å². The van der Waals surface area contributed by atoms with E-state index >= 15 is 0 Å². The fourth-order valence-corrected chi connectivity index (χ4v) is 3.79. The monoisotopic (exact) mass is 553 g/mol. The van der Waals surface area contributed by atoms with Crippen LogP contribution in [0.2, 0.25) is 0 Å². The molecule has 13 heteroatoms. The molecule has 0 spiro atoms. The van der Waals surface area contributed by atoms with Crippen LogP contribution in [-0.2, 0) is 5.41 Å². The van der Waals surface area contributed by atoms with E-state index in [0.29, 0.717) is 11.1 Å². The first-order valence-electron chi connectivity index (χ1n) is 12.1. The molecule has 0 aliphatic heterocycles. The lowest BCUT2D eigenvalue weighted by Crippen LogP contribution is -2.33. The first-order valence-corrected chi connectivity index (χ1v) is 12.1. The Bertz CT molecular complexity index is 1430. The van der Waals surface area contributed by atoms with Crippen molar-refractivity contribution in [2.75, 3.05) is 10.6 Å². The summed E-state index contributed by atoms with van der Waals surface area (Å²) in [7, 11) is 0. The van der Waals surface area contributed by atoms with E-state index in [1.807, 2.05) is 24.3 Å². The van der Waals surface area contributed by atoms with Gasteiger partial charge >= 0.3 is 12.4 Å². The zero-order chi connectivity index (χ0) is 28.9. The van der Waals surface area contributed by atoms with Crippen molar-refractivity contribution in [3.8, 4) is 5.75 Å². The molecule has 0 bridgehead atoms. The fourth-order valence-electron chi connectivity index (χ4n) is 3.79. The summed E-state index contributed by atoms with van der Waals surface area (Å²) in [6.07, 6.45) is -4.81. The number of carbonyl (C=O) groups excluding carboxylic acids is 2. The topological polar surface area (TPSA) is 134 Å². The maximum atomic E-state index is 12.9. The van der Waals surface area contributed by atoms with Crippen molar-refractivity contribution in [1.82, 2.24) is 25.9 Å². The molecule has 1 heterocycles. The highest BCUT2D eigenvalue weighted by Crippen LogP contribution is 2.28. The van der Waals surface area contributed by atoms with Gasteiger partial charge in [-0.15, -0.1) is 18.3 Å². The Balaban J connectivity index is 1.53. The molecule has 10 nitrogen and oxygen atoms in total. The average Bonchev–Trinajstić information content (AvgIpc) is 3.40. The number of rotatable bonds is 7. The summed E-state index contributed by atoms with van der Waals surface area (Å²) in [6, 6.07) is 18.0.